The third kappa shape index (κ3) is 3.24. The number of anilines is 2. The van der Waals surface area contributed by atoms with E-state index in [4.69, 9.17) is 4.98 Å². The van der Waals surface area contributed by atoms with Gasteiger partial charge in [0.1, 0.15) is 11.6 Å². The van der Waals surface area contributed by atoms with Crippen LogP contribution in [0.25, 0.3) is 0 Å². The summed E-state index contributed by atoms with van der Waals surface area (Å²) in [6, 6.07) is 3.36. The minimum Gasteiger partial charge on any atom is -0.353 e. The van der Waals surface area contributed by atoms with Gasteiger partial charge in [0.25, 0.3) is 5.56 Å². The summed E-state index contributed by atoms with van der Waals surface area (Å²) in [4.78, 5) is 25.2. The number of nitrogens with zero attached hydrogens (tertiary/aromatic N) is 6. The first-order valence-corrected chi connectivity index (χ1v) is 9.15. The fourth-order valence-electron chi connectivity index (χ4n) is 2.79. The molecule has 1 aliphatic rings. The average Bonchev–Trinajstić information content (AvgIpc) is 2.60. The zero-order chi connectivity index (χ0) is 17.3. The van der Waals surface area contributed by atoms with Gasteiger partial charge in [-0.3, -0.25) is 4.79 Å². The Bertz CT molecular complexity index is 798. The second-order valence-electron chi connectivity index (χ2n) is 5.87. The first-order valence-electron chi connectivity index (χ1n) is 7.93. The van der Waals surface area contributed by atoms with Crippen LogP contribution in [0, 0.1) is 13.8 Å². The van der Waals surface area contributed by atoms with Gasteiger partial charge in [0.05, 0.1) is 0 Å². The molecular formula is C16H22N6OS. The molecule has 8 heteroatoms. The van der Waals surface area contributed by atoms with Crippen molar-refractivity contribution in [2.45, 2.75) is 19.0 Å². The van der Waals surface area contributed by atoms with Crippen LogP contribution in [0.15, 0.2) is 22.1 Å². The zero-order valence-electron chi connectivity index (χ0n) is 14.5. The maximum Gasteiger partial charge on any atom is 0.266 e. The molecule has 1 fully saturated rings. The molecule has 7 nitrogen and oxygen atoms in total. The van der Waals surface area contributed by atoms with Crippen LogP contribution in [-0.2, 0) is 7.05 Å². The van der Waals surface area contributed by atoms with E-state index in [0.29, 0.717) is 0 Å². The van der Waals surface area contributed by atoms with Crippen LogP contribution in [0.1, 0.15) is 11.3 Å². The van der Waals surface area contributed by atoms with Crippen molar-refractivity contribution in [2.24, 2.45) is 7.05 Å². The summed E-state index contributed by atoms with van der Waals surface area (Å²) in [5.74, 6) is 1.87. The van der Waals surface area contributed by atoms with Crippen molar-refractivity contribution in [1.82, 2.24) is 19.7 Å². The van der Waals surface area contributed by atoms with Gasteiger partial charge in [0, 0.05) is 50.6 Å². The van der Waals surface area contributed by atoms with Crippen LogP contribution in [0.4, 0.5) is 11.6 Å². The quantitative estimate of drug-likeness (QED) is 0.612. The minimum absolute atomic E-state index is 0.0888. The van der Waals surface area contributed by atoms with Crippen molar-refractivity contribution in [2.75, 3.05) is 42.2 Å². The molecule has 0 saturated carbocycles. The number of aryl methyl sites for hydroxylation is 2. The molecule has 0 N–H and O–H groups in total. The van der Waals surface area contributed by atoms with Crippen LogP contribution in [0.5, 0.6) is 0 Å². The van der Waals surface area contributed by atoms with Crippen LogP contribution >= 0.6 is 11.8 Å². The Morgan fingerprint density at radius 3 is 2.33 bits per heavy atom. The molecule has 128 valence electrons. The maximum atomic E-state index is 11.5. The lowest BCUT2D eigenvalue weighted by Crippen LogP contribution is -2.47. The molecular weight excluding hydrogens is 324 g/mol. The van der Waals surface area contributed by atoms with Crippen molar-refractivity contribution in [3.05, 3.63) is 33.7 Å². The van der Waals surface area contributed by atoms with E-state index in [2.05, 4.69) is 26.8 Å². The van der Waals surface area contributed by atoms with Gasteiger partial charge in [0.15, 0.2) is 5.16 Å². The molecule has 2 aromatic heterocycles. The molecule has 0 unspecified atom stereocenters. The van der Waals surface area contributed by atoms with Gasteiger partial charge in [-0.25, -0.2) is 14.6 Å². The van der Waals surface area contributed by atoms with E-state index in [0.717, 1.165) is 54.2 Å². The Morgan fingerprint density at radius 2 is 1.71 bits per heavy atom. The number of rotatable bonds is 3. The Balaban J connectivity index is 1.76. The van der Waals surface area contributed by atoms with Gasteiger partial charge >= 0.3 is 0 Å². The minimum atomic E-state index is -0.0888. The van der Waals surface area contributed by atoms with E-state index in [1.807, 2.05) is 13.2 Å². The summed E-state index contributed by atoms with van der Waals surface area (Å²) in [6.45, 7) is 7.55. The number of thioether (sulfide) groups is 1. The van der Waals surface area contributed by atoms with Crippen molar-refractivity contribution in [3.63, 3.8) is 0 Å². The van der Waals surface area contributed by atoms with Gasteiger partial charge < -0.3 is 9.80 Å². The first kappa shape index (κ1) is 16.8. The number of hydrogen-bond donors (Lipinski definition) is 0. The number of piperazine rings is 1. The first-order chi connectivity index (χ1) is 11.5. The van der Waals surface area contributed by atoms with Crippen LogP contribution in [-0.4, -0.2) is 52.2 Å². The highest BCUT2D eigenvalue weighted by Gasteiger charge is 2.22. The van der Waals surface area contributed by atoms with E-state index in [1.54, 1.807) is 30.9 Å². The molecule has 0 radical (unpaired) electrons. The van der Waals surface area contributed by atoms with E-state index >= 15 is 0 Å². The van der Waals surface area contributed by atoms with E-state index in [9.17, 15) is 4.79 Å². The van der Waals surface area contributed by atoms with E-state index in [-0.39, 0.29) is 5.56 Å². The molecule has 3 rings (SSSR count). The fourth-order valence-corrected chi connectivity index (χ4v) is 3.20. The van der Waals surface area contributed by atoms with Gasteiger partial charge in [-0.05, 0) is 26.2 Å². The van der Waals surface area contributed by atoms with E-state index < -0.39 is 0 Å². The fraction of sp³-hybridized carbons (Fsp3) is 0.500. The predicted octanol–water partition coefficient (Wildman–Crippen LogP) is 1.24. The highest BCUT2D eigenvalue weighted by molar-refractivity contribution is 7.98. The summed E-state index contributed by atoms with van der Waals surface area (Å²) >= 11 is 1.57. The number of aromatic nitrogens is 4. The molecule has 0 aliphatic carbocycles. The molecule has 1 aliphatic heterocycles. The molecule has 1 saturated heterocycles. The summed E-state index contributed by atoms with van der Waals surface area (Å²) < 4.78 is 1.38. The lowest BCUT2D eigenvalue weighted by atomic mass is 10.2. The maximum absolute atomic E-state index is 11.5. The molecule has 2 aromatic rings. The normalized spacial score (nSPS) is 15.0. The molecule has 0 aromatic carbocycles. The van der Waals surface area contributed by atoms with Crippen LogP contribution in [0.3, 0.4) is 0 Å². The van der Waals surface area contributed by atoms with Gasteiger partial charge in [-0.1, -0.05) is 11.8 Å². The summed E-state index contributed by atoms with van der Waals surface area (Å²) in [7, 11) is 1.68. The molecule has 0 spiro atoms. The Hall–Kier alpha value is -2.09. The smallest absolute Gasteiger partial charge is 0.266 e. The van der Waals surface area contributed by atoms with Gasteiger partial charge in [0.2, 0.25) is 0 Å². The predicted molar refractivity (Wildman–Crippen MR) is 97.2 cm³/mol. The SMILES string of the molecule is CSc1nc(C)c(C)c(N2CCN(c3ccc(=O)n(C)n3)CC2)n1. The Morgan fingerprint density at radius 1 is 1.04 bits per heavy atom. The third-order valence-corrected chi connectivity index (χ3v) is 4.92. The summed E-state index contributed by atoms with van der Waals surface area (Å²) in [6.07, 6.45) is 2.00. The number of hydrogen-bond acceptors (Lipinski definition) is 7. The molecule has 0 amide bonds. The second-order valence-corrected chi connectivity index (χ2v) is 6.65. The van der Waals surface area contributed by atoms with Gasteiger partial charge in [-0.15, -0.1) is 0 Å². The van der Waals surface area contributed by atoms with Crippen molar-refractivity contribution in [1.29, 1.82) is 0 Å². The molecule has 24 heavy (non-hydrogen) atoms. The third-order valence-electron chi connectivity index (χ3n) is 4.38. The summed E-state index contributed by atoms with van der Waals surface area (Å²) in [5.41, 5.74) is 2.09. The highest BCUT2D eigenvalue weighted by atomic mass is 32.2. The van der Waals surface area contributed by atoms with Gasteiger partial charge in [-0.2, -0.15) is 5.10 Å². The Labute approximate surface area is 145 Å². The molecule has 0 bridgehead atoms. The van der Waals surface area contributed by atoms with Crippen LogP contribution < -0.4 is 15.4 Å². The van der Waals surface area contributed by atoms with Crippen molar-refractivity contribution >= 4 is 23.4 Å². The van der Waals surface area contributed by atoms with Crippen molar-refractivity contribution < 1.29 is 0 Å². The summed E-state index contributed by atoms with van der Waals surface area (Å²) in [5, 5.41) is 5.15. The molecule has 0 atom stereocenters. The Kier molecular flexibility index (Phi) is 4.75. The zero-order valence-corrected chi connectivity index (χ0v) is 15.3. The van der Waals surface area contributed by atoms with E-state index in [1.165, 1.54) is 4.68 Å². The standard InChI is InChI=1S/C16H22N6OS/c1-11-12(2)17-16(24-4)18-15(11)22-9-7-21(8-10-22)13-5-6-14(23)20(3)19-13/h5-6H,7-10H2,1-4H3. The second kappa shape index (κ2) is 6.80. The van der Waals surface area contributed by atoms with Crippen LogP contribution in [0.2, 0.25) is 0 Å². The lowest BCUT2D eigenvalue weighted by molar-refractivity contribution is 0.615. The monoisotopic (exact) mass is 346 g/mol. The average molecular weight is 346 g/mol. The topological polar surface area (TPSA) is 67.2 Å². The largest absolute Gasteiger partial charge is 0.353 e. The highest BCUT2D eigenvalue weighted by Crippen LogP contribution is 2.24. The lowest BCUT2D eigenvalue weighted by Gasteiger charge is -2.36. The van der Waals surface area contributed by atoms with Crippen molar-refractivity contribution in [3.8, 4) is 0 Å². The molecule has 3 heterocycles.